The molecule has 1 amide bonds. The second kappa shape index (κ2) is 6.72. The second-order valence-electron chi connectivity index (χ2n) is 5.73. The number of fused-ring (bicyclic) bond motifs is 1. The fourth-order valence-electron chi connectivity index (χ4n) is 2.74. The Morgan fingerprint density at radius 1 is 1.04 bits per heavy atom. The first kappa shape index (κ1) is 16.5. The predicted octanol–water partition coefficient (Wildman–Crippen LogP) is 5.38. The number of hydrogen-bond donors (Lipinski definition) is 2. The maximum atomic E-state index is 14.1. The van der Waals surface area contributed by atoms with E-state index in [1.807, 2.05) is 36.4 Å². The summed E-state index contributed by atoms with van der Waals surface area (Å²) in [7, 11) is 0. The summed E-state index contributed by atoms with van der Waals surface area (Å²) in [5, 5.41) is 2.78. The minimum absolute atomic E-state index is 0.0207. The van der Waals surface area contributed by atoms with Crippen LogP contribution in [0.25, 0.3) is 22.4 Å². The summed E-state index contributed by atoms with van der Waals surface area (Å²) in [6, 6.07) is 19.3. The molecule has 0 fully saturated rings. The number of aromatic nitrogens is 2. The lowest BCUT2D eigenvalue weighted by Gasteiger charge is -2.10. The highest BCUT2D eigenvalue weighted by molar-refractivity contribution is 9.10. The summed E-state index contributed by atoms with van der Waals surface area (Å²) in [5.41, 5.74) is 3.01. The Labute approximate surface area is 157 Å². The number of rotatable bonds is 3. The van der Waals surface area contributed by atoms with Crippen molar-refractivity contribution in [2.24, 2.45) is 0 Å². The van der Waals surface area contributed by atoms with Gasteiger partial charge in [-0.3, -0.25) is 4.79 Å². The highest BCUT2D eigenvalue weighted by Crippen LogP contribution is 2.28. The van der Waals surface area contributed by atoms with Crippen LogP contribution in [0.4, 0.5) is 10.1 Å². The molecule has 0 aliphatic rings. The zero-order valence-corrected chi connectivity index (χ0v) is 15.0. The molecule has 26 heavy (non-hydrogen) atoms. The van der Waals surface area contributed by atoms with E-state index in [4.69, 9.17) is 0 Å². The first-order valence-corrected chi connectivity index (χ1v) is 8.72. The van der Waals surface area contributed by atoms with E-state index < -0.39 is 11.7 Å². The van der Waals surface area contributed by atoms with Crippen molar-refractivity contribution in [3.05, 3.63) is 82.6 Å². The Morgan fingerprint density at radius 3 is 2.62 bits per heavy atom. The molecule has 4 rings (SSSR count). The van der Waals surface area contributed by atoms with E-state index in [1.54, 1.807) is 18.2 Å². The number of H-pyrrole nitrogens is 1. The maximum absolute atomic E-state index is 14.1. The van der Waals surface area contributed by atoms with Gasteiger partial charge in [0, 0.05) is 10.0 Å². The first-order valence-electron chi connectivity index (χ1n) is 7.92. The van der Waals surface area contributed by atoms with Crippen LogP contribution in [0, 0.1) is 5.82 Å². The summed E-state index contributed by atoms with van der Waals surface area (Å²) >= 11 is 3.19. The van der Waals surface area contributed by atoms with Crippen LogP contribution in [-0.2, 0) is 0 Å². The molecule has 0 aliphatic carbocycles. The smallest absolute Gasteiger partial charge is 0.258 e. The van der Waals surface area contributed by atoms with Crippen molar-refractivity contribution in [1.82, 2.24) is 9.97 Å². The van der Waals surface area contributed by atoms with Gasteiger partial charge in [-0.25, -0.2) is 9.37 Å². The molecular weight excluding hydrogens is 397 g/mol. The van der Waals surface area contributed by atoms with Gasteiger partial charge in [-0.05, 0) is 42.5 Å². The molecule has 0 atom stereocenters. The number of halogens is 2. The number of nitrogens with one attached hydrogen (secondary N) is 2. The molecule has 0 aliphatic heterocycles. The fraction of sp³-hybridized carbons (Fsp3) is 0. The van der Waals surface area contributed by atoms with Gasteiger partial charge < -0.3 is 10.3 Å². The number of anilines is 1. The summed E-state index contributed by atoms with van der Waals surface area (Å²) in [4.78, 5) is 20.3. The van der Waals surface area contributed by atoms with Crippen molar-refractivity contribution in [3.8, 4) is 11.4 Å². The molecule has 2 N–H and O–H groups in total. The zero-order chi connectivity index (χ0) is 18.1. The molecule has 1 heterocycles. The molecule has 4 nitrogen and oxygen atoms in total. The molecule has 0 unspecified atom stereocenters. The molecule has 128 valence electrons. The third-order valence-electron chi connectivity index (χ3n) is 4.00. The minimum atomic E-state index is -0.585. The number of amides is 1. The van der Waals surface area contributed by atoms with Gasteiger partial charge in [-0.1, -0.05) is 40.2 Å². The van der Waals surface area contributed by atoms with Crippen LogP contribution in [0.2, 0.25) is 0 Å². The van der Waals surface area contributed by atoms with Gasteiger partial charge in [0.05, 0.1) is 22.3 Å². The van der Waals surface area contributed by atoms with E-state index in [1.165, 1.54) is 12.1 Å². The van der Waals surface area contributed by atoms with Crippen molar-refractivity contribution >= 4 is 38.6 Å². The molecular formula is C20H13BrFN3O. The summed E-state index contributed by atoms with van der Waals surface area (Å²) in [6.45, 7) is 0. The van der Waals surface area contributed by atoms with Gasteiger partial charge in [-0.2, -0.15) is 0 Å². The first-order chi connectivity index (χ1) is 12.6. The quantitative estimate of drug-likeness (QED) is 0.476. The number of carbonyl (C=O) groups excluding carboxylic acids is 1. The van der Waals surface area contributed by atoms with E-state index >= 15 is 0 Å². The second-order valence-corrected chi connectivity index (χ2v) is 6.64. The summed E-state index contributed by atoms with van der Waals surface area (Å²) in [5.74, 6) is -0.463. The highest BCUT2D eigenvalue weighted by Gasteiger charge is 2.15. The molecule has 0 bridgehead atoms. The van der Waals surface area contributed by atoms with Gasteiger partial charge in [0.15, 0.2) is 0 Å². The maximum Gasteiger partial charge on any atom is 0.258 e. The van der Waals surface area contributed by atoms with Crippen LogP contribution in [0.15, 0.2) is 71.2 Å². The summed E-state index contributed by atoms with van der Waals surface area (Å²) < 4.78 is 14.6. The zero-order valence-electron chi connectivity index (χ0n) is 13.5. The van der Waals surface area contributed by atoms with Gasteiger partial charge >= 0.3 is 0 Å². The molecule has 6 heteroatoms. The fourth-order valence-corrected chi connectivity index (χ4v) is 3.08. The van der Waals surface area contributed by atoms with Crippen molar-refractivity contribution in [2.45, 2.75) is 0 Å². The molecule has 1 aromatic heterocycles. The van der Waals surface area contributed by atoms with E-state index in [2.05, 4.69) is 31.2 Å². The number of carbonyl (C=O) groups is 1. The Kier molecular flexibility index (Phi) is 4.26. The lowest BCUT2D eigenvalue weighted by atomic mass is 10.1. The number of nitrogens with zero attached hydrogens (tertiary/aromatic N) is 1. The van der Waals surface area contributed by atoms with Gasteiger partial charge in [0.25, 0.3) is 5.91 Å². The van der Waals surface area contributed by atoms with Crippen molar-refractivity contribution in [1.29, 1.82) is 0 Å². The largest absolute Gasteiger partial charge is 0.338 e. The Morgan fingerprint density at radius 2 is 1.81 bits per heavy atom. The van der Waals surface area contributed by atoms with Crippen LogP contribution >= 0.6 is 15.9 Å². The number of hydrogen-bond acceptors (Lipinski definition) is 2. The van der Waals surface area contributed by atoms with E-state index in [9.17, 15) is 9.18 Å². The Hall–Kier alpha value is -2.99. The standard InChI is InChI=1S/C20H13BrFN3O/c21-12-9-10-13(15(22)11-12)20(26)25-16-6-2-1-5-14(16)19-23-17-7-3-4-8-18(17)24-19/h1-11H,(H,23,24)(H,25,26). The van der Waals surface area contributed by atoms with Crippen molar-refractivity contribution in [2.75, 3.05) is 5.32 Å². The van der Waals surface area contributed by atoms with Crippen LogP contribution in [0.5, 0.6) is 0 Å². The third kappa shape index (κ3) is 3.11. The van der Waals surface area contributed by atoms with Crippen molar-refractivity contribution in [3.63, 3.8) is 0 Å². The van der Waals surface area contributed by atoms with Crippen LogP contribution < -0.4 is 5.32 Å². The van der Waals surface area contributed by atoms with Crippen LogP contribution in [-0.4, -0.2) is 15.9 Å². The molecule has 0 radical (unpaired) electrons. The van der Waals surface area contributed by atoms with Crippen LogP contribution in [0.1, 0.15) is 10.4 Å². The Balaban J connectivity index is 1.70. The van der Waals surface area contributed by atoms with Gasteiger partial charge in [-0.15, -0.1) is 0 Å². The van der Waals surface area contributed by atoms with E-state index in [0.717, 1.165) is 16.6 Å². The van der Waals surface area contributed by atoms with Gasteiger partial charge in [0.1, 0.15) is 11.6 Å². The molecule has 4 aromatic rings. The lowest BCUT2D eigenvalue weighted by molar-refractivity contribution is 0.102. The van der Waals surface area contributed by atoms with Gasteiger partial charge in [0.2, 0.25) is 0 Å². The third-order valence-corrected chi connectivity index (χ3v) is 4.49. The molecule has 0 saturated heterocycles. The van der Waals surface area contributed by atoms with E-state index in [0.29, 0.717) is 16.0 Å². The molecule has 0 spiro atoms. The Bertz CT molecular complexity index is 1090. The monoisotopic (exact) mass is 409 g/mol. The topological polar surface area (TPSA) is 57.8 Å². The minimum Gasteiger partial charge on any atom is -0.338 e. The predicted molar refractivity (Wildman–Crippen MR) is 104 cm³/mol. The van der Waals surface area contributed by atoms with E-state index in [-0.39, 0.29) is 5.56 Å². The summed E-state index contributed by atoms with van der Waals surface area (Å²) in [6.07, 6.45) is 0. The SMILES string of the molecule is O=C(Nc1ccccc1-c1nc2ccccc2[nH]1)c1ccc(Br)cc1F. The van der Waals surface area contributed by atoms with Crippen LogP contribution in [0.3, 0.4) is 0 Å². The molecule has 0 saturated carbocycles. The normalized spacial score (nSPS) is 10.8. The average molecular weight is 410 g/mol. The highest BCUT2D eigenvalue weighted by atomic mass is 79.9. The van der Waals surface area contributed by atoms with Crippen molar-refractivity contribution < 1.29 is 9.18 Å². The number of para-hydroxylation sites is 3. The number of aromatic amines is 1. The number of imidazole rings is 1. The lowest BCUT2D eigenvalue weighted by Crippen LogP contribution is -2.14. The average Bonchev–Trinajstić information content (AvgIpc) is 3.06. The molecule has 3 aromatic carbocycles. The number of benzene rings is 3.